The third kappa shape index (κ3) is 2.46. The molecule has 0 aliphatic rings. The van der Waals surface area contributed by atoms with Crippen LogP contribution >= 0.6 is 11.8 Å². The van der Waals surface area contributed by atoms with Gasteiger partial charge in [0.1, 0.15) is 16.4 Å². The minimum atomic E-state index is 0.526. The Morgan fingerprint density at radius 1 is 1.05 bits per heavy atom. The summed E-state index contributed by atoms with van der Waals surface area (Å²) < 4.78 is 2.21. The Hall–Kier alpha value is -1.74. The number of benzene rings is 1. The first-order valence-corrected chi connectivity index (χ1v) is 7.74. The number of nitrogens with zero attached hydrogens (tertiary/aromatic N) is 2. The van der Waals surface area contributed by atoms with Crippen molar-refractivity contribution in [2.45, 2.75) is 31.0 Å². The number of thioether (sulfide) groups is 1. The zero-order chi connectivity index (χ0) is 14.1. The lowest BCUT2D eigenvalue weighted by Gasteiger charge is -2.08. The number of rotatable bonds is 3. The van der Waals surface area contributed by atoms with Gasteiger partial charge in [0, 0.05) is 17.0 Å². The van der Waals surface area contributed by atoms with E-state index >= 15 is 0 Å². The smallest absolute Gasteiger partial charge is 0.138 e. The molecule has 102 valence electrons. The van der Waals surface area contributed by atoms with Crippen LogP contribution in [-0.2, 0) is 0 Å². The topological polar surface area (TPSA) is 17.3 Å². The average Bonchev–Trinajstić information content (AvgIpc) is 2.77. The van der Waals surface area contributed by atoms with Crippen molar-refractivity contribution in [1.29, 1.82) is 0 Å². The molecule has 3 rings (SSSR count). The summed E-state index contributed by atoms with van der Waals surface area (Å²) in [7, 11) is 0. The molecule has 2 heterocycles. The van der Waals surface area contributed by atoms with Crippen molar-refractivity contribution >= 4 is 17.4 Å². The van der Waals surface area contributed by atoms with E-state index in [2.05, 4.69) is 67.8 Å². The predicted octanol–water partition coefficient (Wildman–Crippen LogP) is 4.81. The molecule has 2 nitrogen and oxygen atoms in total. The molecule has 20 heavy (non-hydrogen) atoms. The minimum Gasteiger partial charge on any atom is -0.294 e. The summed E-state index contributed by atoms with van der Waals surface area (Å²) >= 11 is 1.87. The second kappa shape index (κ2) is 5.33. The molecule has 3 heteroatoms. The first-order valence-electron chi connectivity index (χ1n) is 6.86. The van der Waals surface area contributed by atoms with Crippen molar-refractivity contribution < 1.29 is 0 Å². The van der Waals surface area contributed by atoms with Gasteiger partial charge in [0.15, 0.2) is 0 Å². The summed E-state index contributed by atoms with van der Waals surface area (Å²) in [5.41, 5.74) is 4.52. The lowest BCUT2D eigenvalue weighted by Crippen LogP contribution is -1.93. The van der Waals surface area contributed by atoms with Crippen molar-refractivity contribution in [2.75, 3.05) is 0 Å². The molecule has 0 bridgehead atoms. The Bertz CT molecular complexity index is 729. The van der Waals surface area contributed by atoms with Gasteiger partial charge in [-0.05, 0) is 18.6 Å². The van der Waals surface area contributed by atoms with Gasteiger partial charge in [-0.15, -0.1) is 11.8 Å². The fourth-order valence-corrected chi connectivity index (χ4v) is 3.23. The number of hydrogen-bond acceptors (Lipinski definition) is 2. The molecule has 0 fully saturated rings. The van der Waals surface area contributed by atoms with Crippen LogP contribution in [0.3, 0.4) is 0 Å². The molecule has 2 aromatic heterocycles. The fourth-order valence-electron chi connectivity index (χ4n) is 2.25. The molecule has 0 radical (unpaired) electrons. The maximum absolute atomic E-state index is 4.82. The van der Waals surface area contributed by atoms with Gasteiger partial charge in [-0.25, -0.2) is 4.98 Å². The second-order valence-electron chi connectivity index (χ2n) is 5.23. The van der Waals surface area contributed by atoms with Gasteiger partial charge in [-0.1, -0.05) is 50.2 Å². The van der Waals surface area contributed by atoms with Crippen molar-refractivity contribution in [1.82, 2.24) is 9.38 Å². The van der Waals surface area contributed by atoms with Crippen molar-refractivity contribution in [3.63, 3.8) is 0 Å². The van der Waals surface area contributed by atoms with Crippen LogP contribution in [0.25, 0.3) is 16.9 Å². The summed E-state index contributed by atoms with van der Waals surface area (Å²) in [5.74, 6) is 0. The van der Waals surface area contributed by atoms with E-state index in [9.17, 15) is 0 Å². The van der Waals surface area contributed by atoms with Crippen LogP contribution in [0.1, 0.15) is 19.4 Å². The zero-order valence-corrected chi connectivity index (χ0v) is 12.8. The summed E-state index contributed by atoms with van der Waals surface area (Å²) in [6.07, 6.45) is 2.17. The Morgan fingerprint density at radius 3 is 2.50 bits per heavy atom. The maximum Gasteiger partial charge on any atom is 0.138 e. The molecule has 0 amide bonds. The maximum atomic E-state index is 4.82. The van der Waals surface area contributed by atoms with Crippen molar-refractivity contribution in [3.8, 4) is 11.3 Å². The van der Waals surface area contributed by atoms with E-state index in [0.717, 1.165) is 11.3 Å². The highest BCUT2D eigenvalue weighted by Gasteiger charge is 2.15. The Balaban J connectivity index is 2.25. The van der Waals surface area contributed by atoms with E-state index in [1.807, 2.05) is 17.8 Å². The van der Waals surface area contributed by atoms with E-state index in [4.69, 9.17) is 4.98 Å². The van der Waals surface area contributed by atoms with Gasteiger partial charge in [0.05, 0.1) is 0 Å². The summed E-state index contributed by atoms with van der Waals surface area (Å²) in [5, 5.41) is 1.75. The SMILES string of the molecule is Cc1ccc2nc(-c3ccccc3)c(SC(C)C)n2c1. The third-order valence-electron chi connectivity index (χ3n) is 3.12. The van der Waals surface area contributed by atoms with Crippen LogP contribution in [0.2, 0.25) is 0 Å². The van der Waals surface area contributed by atoms with E-state index < -0.39 is 0 Å². The molecule has 0 aliphatic heterocycles. The van der Waals surface area contributed by atoms with Gasteiger partial charge in [0.25, 0.3) is 0 Å². The third-order valence-corrected chi connectivity index (χ3v) is 4.20. The van der Waals surface area contributed by atoms with Crippen LogP contribution in [0.5, 0.6) is 0 Å². The summed E-state index contributed by atoms with van der Waals surface area (Å²) in [4.78, 5) is 4.82. The number of hydrogen-bond donors (Lipinski definition) is 0. The Labute approximate surface area is 123 Å². The largest absolute Gasteiger partial charge is 0.294 e. The highest BCUT2D eigenvalue weighted by molar-refractivity contribution is 7.99. The molecule has 0 atom stereocenters. The highest BCUT2D eigenvalue weighted by atomic mass is 32.2. The number of aryl methyl sites for hydroxylation is 1. The predicted molar refractivity (Wildman–Crippen MR) is 86.4 cm³/mol. The van der Waals surface area contributed by atoms with E-state index in [1.54, 1.807) is 0 Å². The Kier molecular flexibility index (Phi) is 3.53. The van der Waals surface area contributed by atoms with Gasteiger partial charge >= 0.3 is 0 Å². The van der Waals surface area contributed by atoms with Crippen molar-refractivity contribution in [3.05, 3.63) is 54.2 Å². The van der Waals surface area contributed by atoms with E-state index in [0.29, 0.717) is 5.25 Å². The van der Waals surface area contributed by atoms with Crippen LogP contribution in [0.15, 0.2) is 53.7 Å². The lowest BCUT2D eigenvalue weighted by molar-refractivity contribution is 1.02. The molecule has 3 aromatic rings. The normalized spacial score (nSPS) is 11.4. The molecular weight excluding hydrogens is 264 g/mol. The number of pyridine rings is 1. The lowest BCUT2D eigenvalue weighted by atomic mass is 10.2. The minimum absolute atomic E-state index is 0.526. The molecule has 0 saturated heterocycles. The van der Waals surface area contributed by atoms with Crippen LogP contribution in [0.4, 0.5) is 0 Å². The quantitative estimate of drug-likeness (QED) is 0.641. The molecule has 0 saturated carbocycles. The van der Waals surface area contributed by atoms with Crippen LogP contribution in [0, 0.1) is 6.92 Å². The summed E-state index contributed by atoms with van der Waals surface area (Å²) in [6.45, 7) is 6.55. The monoisotopic (exact) mass is 282 g/mol. The van der Waals surface area contributed by atoms with Gasteiger partial charge < -0.3 is 0 Å². The number of fused-ring (bicyclic) bond motifs is 1. The Morgan fingerprint density at radius 2 is 1.80 bits per heavy atom. The average molecular weight is 282 g/mol. The molecule has 0 spiro atoms. The van der Waals surface area contributed by atoms with Gasteiger partial charge in [0.2, 0.25) is 0 Å². The molecule has 0 unspecified atom stereocenters. The zero-order valence-electron chi connectivity index (χ0n) is 12.0. The molecule has 0 N–H and O–H groups in total. The first kappa shape index (κ1) is 13.3. The highest BCUT2D eigenvalue weighted by Crippen LogP contribution is 2.34. The molecular formula is C17H18N2S. The van der Waals surface area contributed by atoms with Crippen LogP contribution in [-0.4, -0.2) is 14.6 Å². The molecule has 1 aromatic carbocycles. The standard InChI is InChI=1S/C17H18N2S/c1-12(2)20-17-16(14-7-5-4-6-8-14)18-15-10-9-13(3)11-19(15)17/h4-12H,1-3H3. The second-order valence-corrected chi connectivity index (χ2v) is 6.80. The van der Waals surface area contributed by atoms with Crippen molar-refractivity contribution in [2.24, 2.45) is 0 Å². The van der Waals surface area contributed by atoms with Gasteiger partial charge in [-0.2, -0.15) is 0 Å². The number of aromatic nitrogens is 2. The van der Waals surface area contributed by atoms with E-state index in [-0.39, 0.29) is 0 Å². The molecule has 0 aliphatic carbocycles. The first-order chi connectivity index (χ1) is 9.65. The van der Waals surface area contributed by atoms with E-state index in [1.165, 1.54) is 16.2 Å². The number of imidazole rings is 1. The fraction of sp³-hybridized carbons (Fsp3) is 0.235. The van der Waals surface area contributed by atoms with Crippen LogP contribution < -0.4 is 0 Å². The summed E-state index contributed by atoms with van der Waals surface area (Å²) in [6, 6.07) is 14.6. The van der Waals surface area contributed by atoms with Gasteiger partial charge in [-0.3, -0.25) is 4.40 Å².